The molecule has 0 aliphatic carbocycles. The van der Waals surface area contributed by atoms with Crippen molar-refractivity contribution in [3.05, 3.63) is 41.5 Å². The van der Waals surface area contributed by atoms with Gasteiger partial charge in [0, 0.05) is 0 Å². The summed E-state index contributed by atoms with van der Waals surface area (Å²) in [6, 6.07) is 9.82. The molecular weight excluding hydrogens is 278 g/mol. The van der Waals surface area contributed by atoms with E-state index in [1.54, 1.807) is 7.11 Å². The van der Waals surface area contributed by atoms with Crippen molar-refractivity contribution in [1.82, 2.24) is 4.98 Å². The Bertz CT molecular complexity index is 821. The summed E-state index contributed by atoms with van der Waals surface area (Å²) >= 11 is 0. The Hall–Kier alpha value is -2.49. The van der Waals surface area contributed by atoms with Gasteiger partial charge in [-0.3, -0.25) is 0 Å². The molecule has 0 atom stereocenters. The highest BCUT2D eigenvalue weighted by Crippen LogP contribution is 2.39. The van der Waals surface area contributed by atoms with Crippen LogP contribution in [-0.4, -0.2) is 18.7 Å². The van der Waals surface area contributed by atoms with E-state index in [4.69, 9.17) is 13.9 Å². The van der Waals surface area contributed by atoms with E-state index < -0.39 is 0 Å². The van der Waals surface area contributed by atoms with Crippen LogP contribution >= 0.6 is 0 Å². The lowest BCUT2D eigenvalue weighted by molar-refractivity contribution is 0.311. The molecule has 0 aliphatic rings. The van der Waals surface area contributed by atoms with Gasteiger partial charge in [-0.2, -0.15) is 0 Å². The van der Waals surface area contributed by atoms with Crippen LogP contribution in [0.4, 0.5) is 0 Å². The third-order valence-corrected chi connectivity index (χ3v) is 3.54. The zero-order chi connectivity index (χ0) is 15.7. The average Bonchev–Trinajstić information content (AvgIpc) is 2.91. The number of aryl methyl sites for hydroxylation is 2. The molecule has 3 rings (SSSR count). The lowest BCUT2D eigenvalue weighted by atomic mass is 10.1. The fraction of sp³-hybridized carbons (Fsp3) is 0.278. The zero-order valence-corrected chi connectivity index (χ0v) is 13.3. The van der Waals surface area contributed by atoms with E-state index in [1.807, 2.05) is 38.1 Å². The maximum atomic E-state index is 5.98. The van der Waals surface area contributed by atoms with Crippen LogP contribution in [0.25, 0.3) is 22.6 Å². The maximum absolute atomic E-state index is 5.98. The second kappa shape index (κ2) is 5.72. The highest BCUT2D eigenvalue weighted by atomic mass is 16.5. The summed E-state index contributed by atoms with van der Waals surface area (Å²) in [4.78, 5) is 4.62. The average molecular weight is 297 g/mol. The second-order valence-corrected chi connectivity index (χ2v) is 5.22. The number of nitrogens with zero attached hydrogens (tertiary/aromatic N) is 1. The van der Waals surface area contributed by atoms with Crippen LogP contribution in [0.2, 0.25) is 0 Å². The number of oxazole rings is 1. The largest absolute Gasteiger partial charge is 0.493 e. The quantitative estimate of drug-likeness (QED) is 0.710. The first-order valence-electron chi connectivity index (χ1n) is 7.32. The minimum atomic E-state index is 0.547. The third-order valence-electron chi connectivity index (χ3n) is 3.54. The minimum absolute atomic E-state index is 0.547. The van der Waals surface area contributed by atoms with E-state index in [0.717, 1.165) is 22.2 Å². The van der Waals surface area contributed by atoms with Crippen molar-refractivity contribution < 1.29 is 13.9 Å². The molecule has 0 N–H and O–H groups in total. The molecule has 2 aromatic carbocycles. The number of para-hydroxylation sites is 1. The zero-order valence-electron chi connectivity index (χ0n) is 13.3. The number of aromatic nitrogens is 1. The molecule has 4 heteroatoms. The Morgan fingerprint density at radius 3 is 2.73 bits per heavy atom. The fourth-order valence-electron chi connectivity index (χ4n) is 2.63. The monoisotopic (exact) mass is 297 g/mol. The molecule has 0 bridgehead atoms. The van der Waals surface area contributed by atoms with Crippen molar-refractivity contribution in [3.8, 4) is 23.0 Å². The first-order valence-corrected chi connectivity index (χ1v) is 7.32. The number of methoxy groups -OCH3 is 1. The molecule has 1 heterocycles. The summed E-state index contributed by atoms with van der Waals surface area (Å²) in [5, 5.41) is 0. The lowest BCUT2D eigenvalue weighted by Gasteiger charge is -2.11. The molecule has 0 fully saturated rings. The molecule has 3 aromatic rings. The van der Waals surface area contributed by atoms with Crippen LogP contribution in [0.3, 0.4) is 0 Å². The SMILES string of the molecule is CCOc1c(OC)cccc1-c1nc2cc(C)cc(C)c2o1. The number of fused-ring (bicyclic) bond motifs is 1. The smallest absolute Gasteiger partial charge is 0.231 e. The van der Waals surface area contributed by atoms with Gasteiger partial charge in [-0.25, -0.2) is 4.98 Å². The van der Waals surface area contributed by atoms with Gasteiger partial charge in [0.15, 0.2) is 17.1 Å². The van der Waals surface area contributed by atoms with Crippen LogP contribution in [0.1, 0.15) is 18.1 Å². The number of ether oxygens (including phenoxy) is 2. The molecule has 0 amide bonds. The Kier molecular flexibility index (Phi) is 3.75. The third kappa shape index (κ3) is 2.41. The fourth-order valence-corrected chi connectivity index (χ4v) is 2.63. The van der Waals surface area contributed by atoms with Crippen molar-refractivity contribution in [1.29, 1.82) is 0 Å². The van der Waals surface area contributed by atoms with Gasteiger partial charge in [-0.15, -0.1) is 0 Å². The van der Waals surface area contributed by atoms with Gasteiger partial charge in [-0.1, -0.05) is 12.1 Å². The molecule has 0 spiro atoms. The Morgan fingerprint density at radius 1 is 1.18 bits per heavy atom. The van der Waals surface area contributed by atoms with E-state index in [2.05, 4.69) is 18.0 Å². The lowest BCUT2D eigenvalue weighted by Crippen LogP contribution is -1.97. The van der Waals surface area contributed by atoms with Crippen LogP contribution in [0, 0.1) is 13.8 Å². The van der Waals surface area contributed by atoms with Crippen LogP contribution in [0.5, 0.6) is 11.5 Å². The van der Waals surface area contributed by atoms with E-state index in [-0.39, 0.29) is 0 Å². The predicted octanol–water partition coefficient (Wildman–Crippen LogP) is 4.52. The first kappa shape index (κ1) is 14.4. The van der Waals surface area contributed by atoms with Gasteiger partial charge in [-0.05, 0) is 50.1 Å². The number of benzene rings is 2. The first-order chi connectivity index (χ1) is 10.6. The number of rotatable bonds is 4. The normalized spacial score (nSPS) is 10.9. The molecule has 1 aromatic heterocycles. The second-order valence-electron chi connectivity index (χ2n) is 5.22. The topological polar surface area (TPSA) is 44.5 Å². The van der Waals surface area contributed by atoms with Gasteiger partial charge in [0.2, 0.25) is 5.89 Å². The summed E-state index contributed by atoms with van der Waals surface area (Å²) < 4.78 is 17.1. The summed E-state index contributed by atoms with van der Waals surface area (Å²) in [6.45, 7) is 6.57. The van der Waals surface area contributed by atoms with Gasteiger partial charge in [0.05, 0.1) is 19.3 Å². The van der Waals surface area contributed by atoms with Gasteiger partial charge in [0.25, 0.3) is 0 Å². The van der Waals surface area contributed by atoms with Crippen LogP contribution in [-0.2, 0) is 0 Å². The van der Waals surface area contributed by atoms with Crippen molar-refractivity contribution in [2.24, 2.45) is 0 Å². The van der Waals surface area contributed by atoms with Crippen molar-refractivity contribution in [2.75, 3.05) is 13.7 Å². The molecule has 4 nitrogen and oxygen atoms in total. The summed E-state index contributed by atoms with van der Waals surface area (Å²) in [6.07, 6.45) is 0. The van der Waals surface area contributed by atoms with Crippen LogP contribution in [0.15, 0.2) is 34.7 Å². The van der Waals surface area contributed by atoms with Crippen molar-refractivity contribution in [3.63, 3.8) is 0 Å². The van der Waals surface area contributed by atoms with Gasteiger partial charge < -0.3 is 13.9 Å². The van der Waals surface area contributed by atoms with E-state index >= 15 is 0 Å². The van der Waals surface area contributed by atoms with Crippen molar-refractivity contribution >= 4 is 11.1 Å². The molecule has 114 valence electrons. The van der Waals surface area contributed by atoms with Crippen LogP contribution < -0.4 is 9.47 Å². The summed E-state index contributed by atoms with van der Waals surface area (Å²) in [5.74, 6) is 1.88. The summed E-state index contributed by atoms with van der Waals surface area (Å²) in [5.41, 5.74) is 4.72. The van der Waals surface area contributed by atoms with E-state index in [9.17, 15) is 0 Å². The Labute approximate surface area is 129 Å². The molecule has 22 heavy (non-hydrogen) atoms. The molecule has 0 aliphatic heterocycles. The maximum Gasteiger partial charge on any atom is 0.231 e. The highest BCUT2D eigenvalue weighted by molar-refractivity contribution is 5.81. The van der Waals surface area contributed by atoms with E-state index in [0.29, 0.717) is 24.0 Å². The highest BCUT2D eigenvalue weighted by Gasteiger charge is 2.18. The minimum Gasteiger partial charge on any atom is -0.493 e. The van der Waals surface area contributed by atoms with E-state index in [1.165, 1.54) is 5.56 Å². The predicted molar refractivity (Wildman–Crippen MR) is 86.6 cm³/mol. The van der Waals surface area contributed by atoms with Gasteiger partial charge >= 0.3 is 0 Å². The number of hydrogen-bond donors (Lipinski definition) is 0. The Morgan fingerprint density at radius 2 is 2.00 bits per heavy atom. The van der Waals surface area contributed by atoms with Crippen molar-refractivity contribution in [2.45, 2.75) is 20.8 Å². The molecular formula is C18H19NO3. The molecule has 0 saturated heterocycles. The summed E-state index contributed by atoms with van der Waals surface area (Å²) in [7, 11) is 1.63. The Balaban J connectivity index is 2.21. The molecule has 0 radical (unpaired) electrons. The number of hydrogen-bond acceptors (Lipinski definition) is 4. The standard InChI is InChI=1S/C18H19NO3/c1-5-21-17-13(7-6-8-15(17)20-4)18-19-14-10-11(2)9-12(3)16(14)22-18/h6-10H,5H2,1-4H3. The van der Waals surface area contributed by atoms with Gasteiger partial charge in [0.1, 0.15) is 5.52 Å². The molecule has 0 saturated carbocycles. The molecule has 0 unspecified atom stereocenters.